The van der Waals surface area contributed by atoms with E-state index in [9.17, 15) is 4.79 Å². The van der Waals surface area contributed by atoms with Gasteiger partial charge in [0.05, 0.1) is 12.0 Å². The van der Waals surface area contributed by atoms with E-state index in [1.54, 1.807) is 0 Å². The second kappa shape index (κ2) is 6.65. The summed E-state index contributed by atoms with van der Waals surface area (Å²) in [5.74, 6) is 0.960. The molecule has 0 spiro atoms. The Hall–Kier alpha value is -1.62. The van der Waals surface area contributed by atoms with Crippen LogP contribution in [0.1, 0.15) is 31.7 Å². The van der Waals surface area contributed by atoms with Gasteiger partial charge in [-0.25, -0.2) is 4.98 Å². The fourth-order valence-electron chi connectivity index (χ4n) is 3.18. The van der Waals surface area contributed by atoms with Crippen LogP contribution in [0.15, 0.2) is 18.3 Å². The number of piperidine rings is 1. The fourth-order valence-corrected chi connectivity index (χ4v) is 3.18. The molecule has 0 aliphatic carbocycles. The molecular weight excluding hydrogens is 280 g/mol. The van der Waals surface area contributed by atoms with E-state index in [0.29, 0.717) is 12.5 Å². The molecule has 2 aliphatic rings. The summed E-state index contributed by atoms with van der Waals surface area (Å²) in [4.78, 5) is 18.8. The van der Waals surface area contributed by atoms with Gasteiger partial charge in [-0.15, -0.1) is 0 Å². The average Bonchev–Trinajstić information content (AvgIpc) is 2.96. The number of carbonyl (C=O) groups is 1. The zero-order chi connectivity index (χ0) is 15.5. The van der Waals surface area contributed by atoms with E-state index >= 15 is 0 Å². The molecule has 5 heteroatoms. The highest BCUT2D eigenvalue weighted by Crippen LogP contribution is 2.25. The number of pyridine rings is 1. The first-order valence-corrected chi connectivity index (χ1v) is 8.13. The Balaban J connectivity index is 1.49. The van der Waals surface area contributed by atoms with Crippen LogP contribution in [0.4, 0.5) is 0 Å². The molecule has 2 aliphatic heterocycles. The molecule has 22 heavy (non-hydrogen) atoms. The maximum absolute atomic E-state index is 12.5. The lowest BCUT2D eigenvalue weighted by Crippen LogP contribution is -2.45. The first kappa shape index (κ1) is 15.3. The zero-order valence-electron chi connectivity index (χ0n) is 13.3. The summed E-state index contributed by atoms with van der Waals surface area (Å²) >= 11 is 0. The summed E-state index contributed by atoms with van der Waals surface area (Å²) in [5.41, 5.74) is 1.13. The van der Waals surface area contributed by atoms with Crippen LogP contribution >= 0.6 is 0 Å². The molecular formula is C17H24N2O3. The van der Waals surface area contributed by atoms with Crippen LogP contribution in [-0.4, -0.2) is 47.7 Å². The van der Waals surface area contributed by atoms with Gasteiger partial charge in [-0.3, -0.25) is 4.79 Å². The molecule has 3 rings (SSSR count). The quantitative estimate of drug-likeness (QED) is 0.859. The molecule has 120 valence electrons. The van der Waals surface area contributed by atoms with Crippen molar-refractivity contribution >= 4 is 5.91 Å². The molecule has 0 saturated carbocycles. The van der Waals surface area contributed by atoms with Gasteiger partial charge in [0.1, 0.15) is 6.10 Å². The van der Waals surface area contributed by atoms with Crippen LogP contribution in [0.25, 0.3) is 0 Å². The number of aromatic nitrogens is 1. The van der Waals surface area contributed by atoms with E-state index in [2.05, 4.69) is 4.98 Å². The maximum atomic E-state index is 12.5. The highest BCUT2D eigenvalue weighted by Gasteiger charge is 2.35. The van der Waals surface area contributed by atoms with Crippen molar-refractivity contribution in [3.63, 3.8) is 0 Å². The summed E-state index contributed by atoms with van der Waals surface area (Å²) in [7, 11) is 0. The van der Waals surface area contributed by atoms with Gasteiger partial charge in [0.2, 0.25) is 11.8 Å². The van der Waals surface area contributed by atoms with Crippen molar-refractivity contribution in [2.24, 2.45) is 5.92 Å². The molecule has 0 aromatic carbocycles. The van der Waals surface area contributed by atoms with Gasteiger partial charge in [-0.1, -0.05) is 6.07 Å². The van der Waals surface area contributed by atoms with E-state index in [-0.39, 0.29) is 24.0 Å². The summed E-state index contributed by atoms with van der Waals surface area (Å²) in [6.45, 7) is 6.23. The number of nitrogens with zero attached hydrogens (tertiary/aromatic N) is 2. The Kier molecular flexibility index (Phi) is 4.62. The van der Waals surface area contributed by atoms with Crippen LogP contribution < -0.4 is 4.74 Å². The SMILES string of the molecule is Cc1ccc(OC2CCN(C(=O)C3CCOC3C)CC2)nc1. The Morgan fingerprint density at radius 1 is 1.32 bits per heavy atom. The predicted octanol–water partition coefficient (Wildman–Crippen LogP) is 2.18. The van der Waals surface area contributed by atoms with Gasteiger partial charge < -0.3 is 14.4 Å². The molecule has 2 atom stereocenters. The van der Waals surface area contributed by atoms with Crippen molar-refractivity contribution < 1.29 is 14.3 Å². The highest BCUT2D eigenvalue weighted by molar-refractivity contribution is 5.79. The van der Waals surface area contributed by atoms with Gasteiger partial charge in [0.25, 0.3) is 0 Å². The number of hydrogen-bond acceptors (Lipinski definition) is 4. The molecule has 1 amide bonds. The topological polar surface area (TPSA) is 51.7 Å². The third kappa shape index (κ3) is 3.40. The minimum Gasteiger partial charge on any atom is -0.474 e. The Morgan fingerprint density at radius 3 is 2.68 bits per heavy atom. The largest absolute Gasteiger partial charge is 0.474 e. The molecule has 2 saturated heterocycles. The molecule has 0 radical (unpaired) electrons. The zero-order valence-corrected chi connectivity index (χ0v) is 13.3. The normalized spacial score (nSPS) is 26.2. The molecule has 0 bridgehead atoms. The van der Waals surface area contributed by atoms with Gasteiger partial charge in [-0.05, 0) is 25.8 Å². The third-order valence-corrected chi connectivity index (χ3v) is 4.62. The number of hydrogen-bond donors (Lipinski definition) is 0. The molecule has 2 fully saturated rings. The number of amides is 1. The first-order valence-electron chi connectivity index (χ1n) is 8.13. The van der Waals surface area contributed by atoms with E-state index < -0.39 is 0 Å². The second-order valence-electron chi connectivity index (χ2n) is 6.29. The Labute approximate surface area is 131 Å². The standard InChI is InChI=1S/C17H24N2O3/c1-12-3-4-16(18-11-12)22-14-5-8-19(9-6-14)17(20)15-7-10-21-13(15)2/h3-4,11,13-15H,5-10H2,1-2H3. The van der Waals surface area contributed by atoms with Gasteiger partial charge >= 0.3 is 0 Å². The van der Waals surface area contributed by atoms with E-state index in [4.69, 9.17) is 9.47 Å². The van der Waals surface area contributed by atoms with Crippen LogP contribution in [0.5, 0.6) is 5.88 Å². The van der Waals surface area contributed by atoms with Crippen molar-refractivity contribution in [1.82, 2.24) is 9.88 Å². The maximum Gasteiger partial charge on any atom is 0.228 e. The lowest BCUT2D eigenvalue weighted by atomic mass is 9.99. The summed E-state index contributed by atoms with van der Waals surface area (Å²) in [6, 6.07) is 3.91. The van der Waals surface area contributed by atoms with E-state index in [1.165, 1.54) is 0 Å². The fraction of sp³-hybridized carbons (Fsp3) is 0.647. The van der Waals surface area contributed by atoms with Gasteiger partial charge in [0, 0.05) is 44.8 Å². The summed E-state index contributed by atoms with van der Waals surface area (Å²) in [6.07, 6.45) is 4.60. The van der Waals surface area contributed by atoms with Crippen molar-refractivity contribution in [1.29, 1.82) is 0 Å². The van der Waals surface area contributed by atoms with Crippen molar-refractivity contribution in [3.8, 4) is 5.88 Å². The number of ether oxygens (including phenoxy) is 2. The average molecular weight is 304 g/mol. The summed E-state index contributed by atoms with van der Waals surface area (Å²) in [5, 5.41) is 0. The molecule has 5 nitrogen and oxygen atoms in total. The number of aryl methyl sites for hydroxylation is 1. The number of carbonyl (C=O) groups excluding carboxylic acids is 1. The van der Waals surface area contributed by atoms with Crippen molar-refractivity contribution in [2.45, 2.75) is 45.3 Å². The number of rotatable bonds is 3. The van der Waals surface area contributed by atoms with Crippen molar-refractivity contribution in [2.75, 3.05) is 19.7 Å². The van der Waals surface area contributed by atoms with Crippen LogP contribution in [0, 0.1) is 12.8 Å². The molecule has 0 N–H and O–H groups in total. The third-order valence-electron chi connectivity index (χ3n) is 4.62. The molecule has 3 heterocycles. The molecule has 1 aromatic heterocycles. The highest BCUT2D eigenvalue weighted by atomic mass is 16.5. The monoisotopic (exact) mass is 304 g/mol. The Bertz CT molecular complexity index is 509. The molecule has 2 unspecified atom stereocenters. The minimum atomic E-state index is 0.0382. The lowest BCUT2D eigenvalue weighted by molar-refractivity contribution is -0.138. The lowest BCUT2D eigenvalue weighted by Gasteiger charge is -2.33. The second-order valence-corrected chi connectivity index (χ2v) is 6.29. The van der Waals surface area contributed by atoms with Crippen LogP contribution in [0.2, 0.25) is 0 Å². The molecule has 1 aromatic rings. The van der Waals surface area contributed by atoms with Gasteiger partial charge in [0.15, 0.2) is 0 Å². The first-order chi connectivity index (χ1) is 10.6. The van der Waals surface area contributed by atoms with Crippen LogP contribution in [-0.2, 0) is 9.53 Å². The van der Waals surface area contributed by atoms with E-state index in [0.717, 1.165) is 37.9 Å². The smallest absolute Gasteiger partial charge is 0.228 e. The van der Waals surface area contributed by atoms with Crippen molar-refractivity contribution in [3.05, 3.63) is 23.9 Å². The van der Waals surface area contributed by atoms with Gasteiger partial charge in [-0.2, -0.15) is 0 Å². The Morgan fingerprint density at radius 2 is 2.09 bits per heavy atom. The predicted molar refractivity (Wildman–Crippen MR) is 82.7 cm³/mol. The minimum absolute atomic E-state index is 0.0382. The number of likely N-dealkylation sites (tertiary alicyclic amines) is 1. The van der Waals surface area contributed by atoms with Crippen LogP contribution in [0.3, 0.4) is 0 Å². The van der Waals surface area contributed by atoms with E-state index in [1.807, 2.05) is 37.1 Å². The summed E-state index contributed by atoms with van der Waals surface area (Å²) < 4.78 is 11.4.